The minimum atomic E-state index is -0.381. The highest BCUT2D eigenvalue weighted by molar-refractivity contribution is 6.08. The molecule has 1 aliphatic heterocycles. The first-order chi connectivity index (χ1) is 15.7. The average molecular weight is 416 g/mol. The molecule has 1 aromatic heterocycles. The quantitative estimate of drug-likeness (QED) is 0.504. The molecular formula is C25H16N6O. The second-order valence-corrected chi connectivity index (χ2v) is 6.71. The summed E-state index contributed by atoms with van der Waals surface area (Å²) in [7, 11) is 0. The minimum Gasteiger partial charge on any atom is -0.349 e. The average Bonchev–Trinajstić information content (AvgIpc) is 2.84. The lowest BCUT2D eigenvalue weighted by molar-refractivity contribution is -0.113. The van der Waals surface area contributed by atoms with Crippen LogP contribution in [-0.2, 0) is 4.79 Å². The maximum atomic E-state index is 12.2. The summed E-state index contributed by atoms with van der Waals surface area (Å²) in [5, 5.41) is 22.3. The summed E-state index contributed by atoms with van der Waals surface area (Å²) in [5.74, 6) is 0.0117. The molecule has 0 bridgehead atoms. The highest BCUT2D eigenvalue weighted by atomic mass is 16.1. The van der Waals surface area contributed by atoms with Gasteiger partial charge in [-0.15, -0.1) is 0 Å². The minimum absolute atomic E-state index is 0.0826. The van der Waals surface area contributed by atoms with Crippen LogP contribution in [0.3, 0.4) is 0 Å². The van der Waals surface area contributed by atoms with Crippen LogP contribution in [0, 0.1) is 22.7 Å². The van der Waals surface area contributed by atoms with Crippen LogP contribution < -0.4 is 10.7 Å². The van der Waals surface area contributed by atoms with Gasteiger partial charge in [0.15, 0.2) is 11.4 Å². The lowest BCUT2D eigenvalue weighted by atomic mass is 10.1. The van der Waals surface area contributed by atoms with Gasteiger partial charge in [-0.2, -0.15) is 10.5 Å². The van der Waals surface area contributed by atoms with Crippen LogP contribution in [0.25, 0.3) is 6.08 Å². The molecule has 3 aromatic rings. The van der Waals surface area contributed by atoms with Gasteiger partial charge in [0.2, 0.25) is 0 Å². The number of hydrogen-bond acceptors (Lipinski definition) is 5. The summed E-state index contributed by atoms with van der Waals surface area (Å²) >= 11 is 0. The highest BCUT2D eigenvalue weighted by Gasteiger charge is 2.21. The SMILES string of the molecule is N#CC(C#N)=C1Nc2ccccc2N=C1n1ccc(=NC(=O)C=Cc2ccccc2)cc1. The van der Waals surface area contributed by atoms with E-state index in [1.807, 2.05) is 66.7 Å². The molecule has 1 aliphatic rings. The third-order valence-electron chi connectivity index (χ3n) is 4.60. The molecule has 7 heteroatoms. The Balaban J connectivity index is 1.66. The van der Waals surface area contributed by atoms with E-state index in [4.69, 9.17) is 0 Å². The third-order valence-corrected chi connectivity index (χ3v) is 4.60. The molecule has 0 aliphatic carbocycles. The number of nitrogens with one attached hydrogen (secondary N) is 1. The second-order valence-electron chi connectivity index (χ2n) is 6.71. The number of benzene rings is 2. The summed E-state index contributed by atoms with van der Waals surface area (Å²) in [4.78, 5) is 20.8. The van der Waals surface area contributed by atoms with Gasteiger partial charge in [0.1, 0.15) is 17.8 Å². The zero-order chi connectivity index (χ0) is 22.3. The van der Waals surface area contributed by atoms with E-state index >= 15 is 0 Å². The van der Waals surface area contributed by atoms with E-state index < -0.39 is 0 Å². The summed E-state index contributed by atoms with van der Waals surface area (Å²) in [6.07, 6.45) is 6.47. The molecule has 0 fully saturated rings. The van der Waals surface area contributed by atoms with Crippen LogP contribution in [0.1, 0.15) is 5.56 Å². The predicted molar refractivity (Wildman–Crippen MR) is 121 cm³/mol. The largest absolute Gasteiger partial charge is 0.349 e. The van der Waals surface area contributed by atoms with Gasteiger partial charge in [0.25, 0.3) is 5.91 Å². The monoisotopic (exact) mass is 416 g/mol. The summed E-state index contributed by atoms with van der Waals surface area (Å²) in [6, 6.07) is 24.0. The van der Waals surface area contributed by atoms with E-state index in [1.54, 1.807) is 35.2 Å². The molecule has 152 valence electrons. The van der Waals surface area contributed by atoms with Crippen LogP contribution in [0.15, 0.2) is 106 Å². The normalized spacial score (nSPS) is 12.1. The molecule has 4 rings (SSSR count). The first-order valence-electron chi connectivity index (χ1n) is 9.68. The number of aromatic nitrogens is 1. The standard InChI is InChI=1S/C25H16N6O/c26-16-19(17-27)24-25(30-22-9-5-4-8-21(22)29-24)31-14-12-20(13-15-31)28-23(32)11-10-18-6-2-1-3-7-18/h1-15,29H. The van der Waals surface area contributed by atoms with E-state index in [0.717, 1.165) is 5.56 Å². The van der Waals surface area contributed by atoms with Crippen LogP contribution in [0.2, 0.25) is 0 Å². The Labute approximate surface area is 184 Å². The van der Waals surface area contributed by atoms with Crippen LogP contribution >= 0.6 is 0 Å². The van der Waals surface area contributed by atoms with Crippen molar-refractivity contribution in [1.29, 1.82) is 10.5 Å². The van der Waals surface area contributed by atoms with E-state index in [1.165, 1.54) is 6.08 Å². The molecular weight excluding hydrogens is 400 g/mol. The molecule has 1 amide bonds. The fraction of sp³-hybridized carbons (Fsp3) is 0. The number of aliphatic imine (C=N–C) groups is 1. The van der Waals surface area contributed by atoms with Crippen molar-refractivity contribution < 1.29 is 4.79 Å². The Morgan fingerprint density at radius 3 is 2.38 bits per heavy atom. The first kappa shape index (κ1) is 20.3. The zero-order valence-electron chi connectivity index (χ0n) is 16.8. The zero-order valence-corrected chi connectivity index (χ0v) is 16.8. The van der Waals surface area contributed by atoms with Crippen molar-refractivity contribution in [2.45, 2.75) is 0 Å². The van der Waals surface area contributed by atoms with E-state index in [2.05, 4.69) is 15.3 Å². The van der Waals surface area contributed by atoms with Crippen molar-refractivity contribution in [3.63, 3.8) is 0 Å². The smallest absolute Gasteiger partial charge is 0.270 e. The molecule has 0 radical (unpaired) electrons. The molecule has 0 spiro atoms. The van der Waals surface area contributed by atoms with Crippen LogP contribution in [0.5, 0.6) is 0 Å². The first-order valence-corrected chi connectivity index (χ1v) is 9.68. The van der Waals surface area contributed by atoms with Gasteiger partial charge < -0.3 is 9.88 Å². The molecule has 2 heterocycles. The number of anilines is 1. The number of pyridine rings is 1. The van der Waals surface area contributed by atoms with E-state index in [0.29, 0.717) is 28.3 Å². The molecule has 0 unspecified atom stereocenters. The Bertz CT molecular complexity index is 1390. The molecule has 32 heavy (non-hydrogen) atoms. The van der Waals surface area contributed by atoms with Gasteiger partial charge in [-0.05, 0) is 35.9 Å². The number of amides is 1. The molecule has 0 saturated carbocycles. The Morgan fingerprint density at radius 1 is 0.969 bits per heavy atom. The van der Waals surface area contributed by atoms with Gasteiger partial charge in [-0.3, -0.25) is 4.79 Å². The Morgan fingerprint density at radius 2 is 1.66 bits per heavy atom. The van der Waals surface area contributed by atoms with Gasteiger partial charge in [0, 0.05) is 18.5 Å². The van der Waals surface area contributed by atoms with Gasteiger partial charge in [-0.1, -0.05) is 42.5 Å². The summed E-state index contributed by atoms with van der Waals surface area (Å²) < 4.78 is 1.66. The van der Waals surface area contributed by atoms with Crippen molar-refractivity contribution in [1.82, 2.24) is 4.57 Å². The van der Waals surface area contributed by atoms with Gasteiger partial charge in [0.05, 0.1) is 16.7 Å². The maximum absolute atomic E-state index is 12.2. The summed E-state index contributed by atoms with van der Waals surface area (Å²) in [5.41, 5.74) is 2.53. The number of carbonyl (C=O) groups is 1. The number of para-hydroxylation sites is 2. The fourth-order valence-corrected chi connectivity index (χ4v) is 3.07. The van der Waals surface area contributed by atoms with Crippen LogP contribution in [0.4, 0.5) is 11.4 Å². The number of nitrogens with zero attached hydrogens (tertiary/aromatic N) is 5. The molecule has 0 atom stereocenters. The Hall–Kier alpha value is -5.01. The van der Waals surface area contributed by atoms with Crippen molar-refractivity contribution in [3.8, 4) is 12.1 Å². The summed E-state index contributed by atoms with van der Waals surface area (Å²) in [6.45, 7) is 0. The lowest BCUT2D eigenvalue weighted by Gasteiger charge is -2.22. The Kier molecular flexibility index (Phi) is 5.83. The van der Waals surface area contributed by atoms with E-state index in [9.17, 15) is 15.3 Å². The molecule has 1 N–H and O–H groups in total. The van der Waals surface area contributed by atoms with Crippen LogP contribution in [-0.4, -0.2) is 16.3 Å². The maximum Gasteiger partial charge on any atom is 0.270 e. The molecule has 2 aromatic carbocycles. The number of rotatable bonds is 2. The highest BCUT2D eigenvalue weighted by Crippen LogP contribution is 2.31. The number of hydrogen-bond donors (Lipinski definition) is 1. The van der Waals surface area contributed by atoms with Gasteiger partial charge in [-0.25, -0.2) is 9.98 Å². The molecule has 0 saturated heterocycles. The lowest BCUT2D eigenvalue weighted by Crippen LogP contribution is -2.25. The topological polar surface area (TPSA) is 106 Å². The van der Waals surface area contributed by atoms with Crippen molar-refractivity contribution in [2.24, 2.45) is 9.98 Å². The number of carbonyl (C=O) groups excluding carboxylic acids is 1. The van der Waals surface area contributed by atoms with E-state index in [-0.39, 0.29) is 11.5 Å². The number of allylic oxidation sites excluding steroid dienone is 2. The van der Waals surface area contributed by atoms with Gasteiger partial charge >= 0.3 is 0 Å². The van der Waals surface area contributed by atoms with Crippen molar-refractivity contribution in [2.75, 3.05) is 5.32 Å². The number of fused-ring (bicyclic) bond motifs is 1. The van der Waals surface area contributed by atoms with Crippen molar-refractivity contribution >= 4 is 29.2 Å². The fourth-order valence-electron chi connectivity index (χ4n) is 3.07. The van der Waals surface area contributed by atoms with Crippen molar-refractivity contribution in [3.05, 3.63) is 107 Å². The molecule has 7 nitrogen and oxygen atoms in total. The second kappa shape index (κ2) is 9.21. The number of nitriles is 2. The predicted octanol–water partition coefficient (Wildman–Crippen LogP) is 3.93. The third kappa shape index (κ3) is 4.43.